The van der Waals surface area contributed by atoms with Crippen molar-refractivity contribution in [2.75, 3.05) is 5.32 Å². The first kappa shape index (κ1) is 17.4. The molecule has 8 heteroatoms. The van der Waals surface area contributed by atoms with Crippen LogP contribution in [-0.4, -0.2) is 29.7 Å². The number of fused-ring (bicyclic) bond motifs is 3. The summed E-state index contributed by atoms with van der Waals surface area (Å²) in [6.45, 7) is 2.05. The maximum absolute atomic E-state index is 9.52. The molecule has 0 aliphatic carbocycles. The van der Waals surface area contributed by atoms with Gasteiger partial charge in [0.2, 0.25) is 0 Å². The number of nitrogens with one attached hydrogen (secondary N) is 1. The van der Waals surface area contributed by atoms with Gasteiger partial charge in [0, 0.05) is 22.1 Å². The molecule has 3 aromatic heterocycles. The summed E-state index contributed by atoms with van der Waals surface area (Å²) in [6.07, 6.45) is 4.98. The Bertz CT molecular complexity index is 1330. The van der Waals surface area contributed by atoms with Crippen molar-refractivity contribution in [3.63, 3.8) is 0 Å². The fourth-order valence-electron chi connectivity index (χ4n) is 3.06. The maximum Gasteiger partial charge on any atom is 0.170 e. The van der Waals surface area contributed by atoms with Crippen LogP contribution in [0.4, 0.5) is 11.5 Å². The van der Waals surface area contributed by atoms with Gasteiger partial charge in [-0.15, -0.1) is 0 Å². The van der Waals surface area contributed by atoms with Gasteiger partial charge in [-0.3, -0.25) is 0 Å². The van der Waals surface area contributed by atoms with Crippen LogP contribution >= 0.6 is 11.8 Å². The van der Waals surface area contributed by atoms with Gasteiger partial charge in [-0.25, -0.2) is 15.0 Å². The second-order valence-electron chi connectivity index (χ2n) is 6.54. The number of aromatic hydroxyl groups is 1. The SMILES string of the molecule is Cc1ccc(Sc2ccc(O)cc2)c(Nc2ncnc3c2cnc2ccnn23)c1. The number of phenolic OH excluding ortho intramolecular Hbond substituents is 1. The van der Waals surface area contributed by atoms with Crippen molar-refractivity contribution < 1.29 is 5.11 Å². The average molecular weight is 400 g/mol. The van der Waals surface area contributed by atoms with E-state index in [9.17, 15) is 5.11 Å². The number of benzene rings is 2. The minimum Gasteiger partial charge on any atom is -0.508 e. The van der Waals surface area contributed by atoms with E-state index in [1.165, 1.54) is 6.33 Å². The highest BCUT2D eigenvalue weighted by Crippen LogP contribution is 2.36. The van der Waals surface area contributed by atoms with Crippen molar-refractivity contribution in [1.82, 2.24) is 24.6 Å². The number of hydrogen-bond donors (Lipinski definition) is 2. The van der Waals surface area contributed by atoms with E-state index in [4.69, 9.17) is 0 Å². The van der Waals surface area contributed by atoms with Gasteiger partial charge >= 0.3 is 0 Å². The van der Waals surface area contributed by atoms with E-state index in [2.05, 4.69) is 43.6 Å². The Balaban J connectivity index is 1.56. The molecule has 0 fully saturated rings. The second-order valence-corrected chi connectivity index (χ2v) is 7.65. The zero-order valence-corrected chi connectivity index (χ0v) is 16.3. The predicted octanol–water partition coefficient (Wildman–Crippen LogP) is 4.58. The first-order chi connectivity index (χ1) is 14.2. The van der Waals surface area contributed by atoms with Crippen LogP contribution in [0.1, 0.15) is 5.56 Å². The van der Waals surface area contributed by atoms with Gasteiger partial charge in [-0.2, -0.15) is 9.61 Å². The Morgan fingerprint density at radius 2 is 1.86 bits per heavy atom. The number of anilines is 2. The molecular weight excluding hydrogens is 384 g/mol. The Morgan fingerprint density at radius 1 is 1.00 bits per heavy atom. The highest BCUT2D eigenvalue weighted by Gasteiger charge is 2.12. The topological polar surface area (TPSA) is 88.2 Å². The molecule has 0 atom stereocenters. The monoisotopic (exact) mass is 400 g/mol. The summed E-state index contributed by atoms with van der Waals surface area (Å²) >= 11 is 1.61. The van der Waals surface area contributed by atoms with Crippen LogP contribution in [-0.2, 0) is 0 Å². The molecule has 142 valence electrons. The quantitative estimate of drug-likeness (QED) is 0.456. The molecular formula is C21H16N6OS. The van der Waals surface area contributed by atoms with Crippen LogP contribution in [0.5, 0.6) is 5.75 Å². The van der Waals surface area contributed by atoms with E-state index in [1.54, 1.807) is 40.8 Å². The van der Waals surface area contributed by atoms with Gasteiger partial charge in [0.1, 0.15) is 17.9 Å². The van der Waals surface area contributed by atoms with Crippen molar-refractivity contribution in [1.29, 1.82) is 0 Å². The molecule has 7 nitrogen and oxygen atoms in total. The van der Waals surface area contributed by atoms with E-state index in [0.717, 1.165) is 32.1 Å². The summed E-state index contributed by atoms with van der Waals surface area (Å²) in [5.74, 6) is 0.916. The van der Waals surface area contributed by atoms with E-state index in [1.807, 2.05) is 25.1 Å². The lowest BCUT2D eigenvalue weighted by Crippen LogP contribution is -2.02. The molecule has 0 saturated heterocycles. The lowest BCUT2D eigenvalue weighted by atomic mass is 10.2. The van der Waals surface area contributed by atoms with E-state index < -0.39 is 0 Å². The number of rotatable bonds is 4. The van der Waals surface area contributed by atoms with Gasteiger partial charge in [0.25, 0.3) is 0 Å². The summed E-state index contributed by atoms with van der Waals surface area (Å²) in [4.78, 5) is 15.3. The first-order valence-electron chi connectivity index (χ1n) is 8.95. The zero-order valence-electron chi connectivity index (χ0n) is 15.4. The minimum atomic E-state index is 0.251. The molecule has 0 saturated carbocycles. The Hall–Kier alpha value is -3.65. The fourth-order valence-corrected chi connectivity index (χ4v) is 3.94. The number of phenols is 1. The van der Waals surface area contributed by atoms with Crippen molar-refractivity contribution >= 4 is 39.9 Å². The van der Waals surface area contributed by atoms with Gasteiger partial charge in [-0.05, 0) is 48.9 Å². The Kier molecular flexibility index (Phi) is 4.25. The normalized spacial score (nSPS) is 11.2. The molecule has 0 unspecified atom stereocenters. The molecule has 0 aliphatic heterocycles. The maximum atomic E-state index is 9.52. The summed E-state index contributed by atoms with van der Waals surface area (Å²) in [6, 6.07) is 15.2. The number of nitrogens with zero attached hydrogens (tertiary/aromatic N) is 5. The number of aromatic nitrogens is 5. The first-order valence-corrected chi connectivity index (χ1v) is 9.77. The molecule has 0 radical (unpaired) electrons. The molecule has 29 heavy (non-hydrogen) atoms. The summed E-state index contributed by atoms with van der Waals surface area (Å²) in [5.41, 5.74) is 3.50. The van der Waals surface area contributed by atoms with Crippen molar-refractivity contribution in [2.24, 2.45) is 0 Å². The fraction of sp³-hybridized carbons (Fsp3) is 0.0476. The minimum absolute atomic E-state index is 0.251. The lowest BCUT2D eigenvalue weighted by Gasteiger charge is -2.14. The molecule has 0 bridgehead atoms. The predicted molar refractivity (Wildman–Crippen MR) is 113 cm³/mol. The van der Waals surface area contributed by atoms with Crippen LogP contribution in [0.2, 0.25) is 0 Å². The van der Waals surface area contributed by atoms with E-state index >= 15 is 0 Å². The van der Waals surface area contributed by atoms with Crippen molar-refractivity contribution in [2.45, 2.75) is 16.7 Å². The molecule has 3 heterocycles. The second kappa shape index (κ2) is 7.06. The van der Waals surface area contributed by atoms with Crippen molar-refractivity contribution in [3.05, 3.63) is 72.8 Å². The third kappa shape index (κ3) is 3.34. The van der Waals surface area contributed by atoms with Crippen LogP contribution in [0, 0.1) is 6.92 Å². The standard InChI is InChI=1S/C21H16N6OS/c1-13-2-7-18(29-15-5-3-14(28)4-6-15)17(10-13)26-20-16-11-22-19-8-9-25-27(19)21(16)24-12-23-20/h2-12,28H,1H3,(H,23,24,26). The van der Waals surface area contributed by atoms with Crippen LogP contribution in [0.3, 0.4) is 0 Å². The third-order valence-electron chi connectivity index (χ3n) is 4.46. The zero-order chi connectivity index (χ0) is 19.8. The number of hydrogen-bond acceptors (Lipinski definition) is 7. The van der Waals surface area contributed by atoms with Gasteiger partial charge in [0.15, 0.2) is 11.3 Å². The Morgan fingerprint density at radius 3 is 2.72 bits per heavy atom. The van der Waals surface area contributed by atoms with Crippen molar-refractivity contribution in [3.8, 4) is 5.75 Å². The third-order valence-corrected chi connectivity index (χ3v) is 5.55. The smallest absolute Gasteiger partial charge is 0.170 e. The molecule has 0 spiro atoms. The Labute approximate surface area is 170 Å². The number of aryl methyl sites for hydroxylation is 1. The van der Waals surface area contributed by atoms with Crippen LogP contribution < -0.4 is 5.32 Å². The summed E-state index contributed by atoms with van der Waals surface area (Å²) in [5, 5.41) is 18.0. The largest absolute Gasteiger partial charge is 0.508 e. The van der Waals surface area contributed by atoms with Gasteiger partial charge < -0.3 is 10.4 Å². The molecule has 5 aromatic rings. The summed E-state index contributed by atoms with van der Waals surface area (Å²) in [7, 11) is 0. The highest BCUT2D eigenvalue weighted by molar-refractivity contribution is 7.99. The highest BCUT2D eigenvalue weighted by atomic mass is 32.2. The average Bonchev–Trinajstić information content (AvgIpc) is 3.21. The molecule has 0 aliphatic rings. The molecule has 2 N–H and O–H groups in total. The molecule has 5 rings (SSSR count). The molecule has 0 amide bonds. The van der Waals surface area contributed by atoms with E-state index in [0.29, 0.717) is 11.5 Å². The van der Waals surface area contributed by atoms with Gasteiger partial charge in [0.05, 0.1) is 17.3 Å². The lowest BCUT2D eigenvalue weighted by molar-refractivity contribution is 0.475. The van der Waals surface area contributed by atoms with E-state index in [-0.39, 0.29) is 5.75 Å². The van der Waals surface area contributed by atoms with Gasteiger partial charge in [-0.1, -0.05) is 17.8 Å². The van der Waals surface area contributed by atoms with Crippen LogP contribution in [0.15, 0.2) is 77.0 Å². The summed E-state index contributed by atoms with van der Waals surface area (Å²) < 4.78 is 1.70. The molecule has 2 aromatic carbocycles. The van der Waals surface area contributed by atoms with Crippen LogP contribution in [0.25, 0.3) is 16.7 Å².